The number of nitriles is 1. The highest BCUT2D eigenvalue weighted by atomic mass is 16.5. The monoisotopic (exact) mass is 260 g/mol. The molecule has 5 heteroatoms. The highest BCUT2D eigenvalue weighted by molar-refractivity contribution is 5.75. The van der Waals surface area contributed by atoms with Gasteiger partial charge in [0.05, 0.1) is 12.8 Å². The molecule has 0 saturated heterocycles. The molecule has 5 nitrogen and oxygen atoms in total. The van der Waals surface area contributed by atoms with Crippen molar-refractivity contribution >= 4 is 11.3 Å². The van der Waals surface area contributed by atoms with Crippen molar-refractivity contribution < 1.29 is 4.74 Å². The fraction of sp³-hybridized carbons (Fsp3) is 0.500. The summed E-state index contributed by atoms with van der Waals surface area (Å²) in [5.41, 5.74) is 2.25. The van der Waals surface area contributed by atoms with Gasteiger partial charge in [-0.2, -0.15) is 10.2 Å². The molecule has 1 rings (SSSR count). The third kappa shape index (κ3) is 3.68. The van der Waals surface area contributed by atoms with Gasteiger partial charge in [0.15, 0.2) is 0 Å². The van der Waals surface area contributed by atoms with Crippen LogP contribution in [0.25, 0.3) is 5.57 Å². The average molecular weight is 260 g/mol. The zero-order valence-corrected chi connectivity index (χ0v) is 12.2. The summed E-state index contributed by atoms with van der Waals surface area (Å²) in [4.78, 5) is 8.26. The van der Waals surface area contributed by atoms with E-state index in [1.165, 1.54) is 7.11 Å². The molecule has 102 valence electrons. The number of rotatable bonds is 4. The van der Waals surface area contributed by atoms with Crippen molar-refractivity contribution in [3.05, 3.63) is 18.1 Å². The molecular weight excluding hydrogens is 240 g/mol. The Bertz CT molecular complexity index is 523. The first-order valence-electron chi connectivity index (χ1n) is 6.04. The molecule has 0 aliphatic carbocycles. The first-order valence-corrected chi connectivity index (χ1v) is 6.04. The predicted molar refractivity (Wildman–Crippen MR) is 76.0 cm³/mol. The maximum absolute atomic E-state index is 8.98. The van der Waals surface area contributed by atoms with Gasteiger partial charge in [-0.3, -0.25) is 0 Å². The summed E-state index contributed by atoms with van der Waals surface area (Å²) in [6, 6.07) is 1.94. The van der Waals surface area contributed by atoms with Crippen molar-refractivity contribution in [3.63, 3.8) is 0 Å². The van der Waals surface area contributed by atoms with Crippen molar-refractivity contribution in [2.24, 2.45) is 5.41 Å². The van der Waals surface area contributed by atoms with Crippen LogP contribution in [-0.4, -0.2) is 24.1 Å². The summed E-state index contributed by atoms with van der Waals surface area (Å²) < 4.78 is 5.19. The minimum absolute atomic E-state index is 0.0842. The number of methoxy groups -OCH3 is 1. The summed E-state index contributed by atoms with van der Waals surface area (Å²) >= 11 is 0. The van der Waals surface area contributed by atoms with Crippen molar-refractivity contribution in [3.8, 4) is 11.9 Å². The van der Waals surface area contributed by atoms with Crippen LogP contribution in [0.3, 0.4) is 0 Å². The van der Waals surface area contributed by atoms with E-state index in [2.05, 4.69) is 42.6 Å². The van der Waals surface area contributed by atoms with Gasteiger partial charge in [0.25, 0.3) is 0 Å². The molecule has 0 atom stereocenters. The van der Waals surface area contributed by atoms with Crippen LogP contribution in [0.2, 0.25) is 0 Å². The fourth-order valence-electron chi connectivity index (χ4n) is 1.84. The molecule has 0 bridgehead atoms. The summed E-state index contributed by atoms with van der Waals surface area (Å²) in [6.45, 7) is 10.5. The van der Waals surface area contributed by atoms with Crippen LogP contribution >= 0.6 is 0 Å². The number of hydrogen-bond acceptors (Lipinski definition) is 5. The molecule has 0 aliphatic heterocycles. The Morgan fingerprint density at radius 2 is 2.05 bits per heavy atom. The predicted octanol–water partition coefficient (Wildman–Crippen LogP) is 2.85. The molecule has 0 aromatic carbocycles. The van der Waals surface area contributed by atoms with E-state index >= 15 is 0 Å². The molecular formula is C14H20N4O. The molecule has 19 heavy (non-hydrogen) atoms. The number of aromatic nitrogens is 2. The van der Waals surface area contributed by atoms with Crippen LogP contribution in [0.1, 0.15) is 38.7 Å². The number of ether oxygens (including phenoxy) is 1. The maximum atomic E-state index is 8.98. The lowest BCUT2D eigenvalue weighted by Gasteiger charge is -2.21. The van der Waals surface area contributed by atoms with Crippen LogP contribution < -0.4 is 10.1 Å². The largest absolute Gasteiger partial charge is 0.479 e. The number of anilines is 1. The first kappa shape index (κ1) is 15.0. The molecule has 0 amide bonds. The van der Waals surface area contributed by atoms with E-state index < -0.39 is 0 Å². The third-order valence-electron chi connectivity index (χ3n) is 2.50. The smallest absolute Gasteiger partial charge is 0.242 e. The van der Waals surface area contributed by atoms with Gasteiger partial charge in [0, 0.05) is 7.05 Å². The standard InChI is InChI=1S/C14H20N4O/c1-9(7-14(2,3)4)11-12(16-5)13(19-6)18-10(8-15)17-11/h16H,1,7H2,2-6H3. The zero-order valence-electron chi connectivity index (χ0n) is 12.2. The summed E-state index contributed by atoms with van der Waals surface area (Å²) in [5.74, 6) is 0.444. The minimum atomic E-state index is 0.0842. The quantitative estimate of drug-likeness (QED) is 0.901. The van der Waals surface area contributed by atoms with Crippen LogP contribution in [0.5, 0.6) is 5.88 Å². The number of allylic oxidation sites excluding steroid dienone is 1. The lowest BCUT2D eigenvalue weighted by Crippen LogP contribution is -2.10. The molecule has 0 fully saturated rings. The van der Waals surface area contributed by atoms with E-state index in [9.17, 15) is 0 Å². The Balaban J connectivity index is 3.32. The zero-order chi connectivity index (χ0) is 14.6. The molecule has 1 aromatic rings. The second-order valence-electron chi connectivity index (χ2n) is 5.48. The van der Waals surface area contributed by atoms with E-state index in [-0.39, 0.29) is 11.2 Å². The molecule has 1 aromatic heterocycles. The van der Waals surface area contributed by atoms with Gasteiger partial charge in [-0.25, -0.2) is 4.98 Å². The average Bonchev–Trinajstić information content (AvgIpc) is 2.34. The molecule has 0 radical (unpaired) electrons. The van der Waals surface area contributed by atoms with Crippen LogP contribution in [-0.2, 0) is 0 Å². The van der Waals surface area contributed by atoms with Crippen molar-refractivity contribution in [2.45, 2.75) is 27.2 Å². The Kier molecular flexibility index (Phi) is 4.49. The van der Waals surface area contributed by atoms with Crippen molar-refractivity contribution in [1.82, 2.24) is 9.97 Å². The van der Waals surface area contributed by atoms with Crippen LogP contribution in [0, 0.1) is 16.7 Å². The molecule has 0 saturated carbocycles. The molecule has 1 N–H and O–H groups in total. The Morgan fingerprint density at radius 3 is 2.47 bits per heavy atom. The lowest BCUT2D eigenvalue weighted by atomic mass is 9.87. The van der Waals surface area contributed by atoms with Gasteiger partial charge < -0.3 is 10.1 Å². The van der Waals surface area contributed by atoms with Crippen LogP contribution in [0.4, 0.5) is 5.69 Å². The first-order chi connectivity index (χ1) is 8.82. The highest BCUT2D eigenvalue weighted by Crippen LogP contribution is 2.35. The lowest BCUT2D eigenvalue weighted by molar-refractivity contribution is 0.397. The molecule has 0 spiro atoms. The van der Waals surface area contributed by atoms with Gasteiger partial charge in [-0.15, -0.1) is 0 Å². The molecule has 0 unspecified atom stereocenters. The minimum Gasteiger partial charge on any atom is -0.479 e. The van der Waals surface area contributed by atoms with Gasteiger partial charge in [0.1, 0.15) is 11.8 Å². The highest BCUT2D eigenvalue weighted by Gasteiger charge is 2.20. The van der Waals surface area contributed by atoms with E-state index in [0.717, 1.165) is 12.0 Å². The second kappa shape index (κ2) is 5.70. The SMILES string of the molecule is C=C(CC(C)(C)C)c1nc(C#N)nc(OC)c1NC. The molecule has 1 heterocycles. The van der Waals surface area contributed by atoms with Gasteiger partial charge >= 0.3 is 0 Å². The fourth-order valence-corrected chi connectivity index (χ4v) is 1.84. The van der Waals surface area contributed by atoms with Gasteiger partial charge in [-0.1, -0.05) is 27.4 Å². The van der Waals surface area contributed by atoms with Crippen LogP contribution in [0.15, 0.2) is 6.58 Å². The van der Waals surface area contributed by atoms with E-state index in [4.69, 9.17) is 10.00 Å². The van der Waals surface area contributed by atoms with Gasteiger partial charge in [0.2, 0.25) is 11.7 Å². The summed E-state index contributed by atoms with van der Waals surface area (Å²) in [6.07, 6.45) is 0.771. The topological polar surface area (TPSA) is 70.8 Å². The second-order valence-corrected chi connectivity index (χ2v) is 5.48. The van der Waals surface area contributed by atoms with E-state index in [1.54, 1.807) is 7.05 Å². The summed E-state index contributed by atoms with van der Waals surface area (Å²) in [5, 5.41) is 12.0. The number of nitrogens with zero attached hydrogens (tertiary/aromatic N) is 3. The van der Waals surface area contributed by atoms with Crippen molar-refractivity contribution in [1.29, 1.82) is 5.26 Å². The Hall–Kier alpha value is -2.09. The Labute approximate surface area is 114 Å². The Morgan fingerprint density at radius 1 is 1.42 bits per heavy atom. The third-order valence-corrected chi connectivity index (χ3v) is 2.50. The van der Waals surface area contributed by atoms with E-state index in [0.29, 0.717) is 17.3 Å². The molecule has 0 aliphatic rings. The maximum Gasteiger partial charge on any atom is 0.242 e. The number of nitrogens with one attached hydrogen (secondary N) is 1. The normalized spacial score (nSPS) is 10.7. The summed E-state index contributed by atoms with van der Waals surface area (Å²) in [7, 11) is 3.28. The van der Waals surface area contributed by atoms with E-state index in [1.807, 2.05) is 6.07 Å². The van der Waals surface area contributed by atoms with Crippen molar-refractivity contribution in [2.75, 3.05) is 19.5 Å². The number of hydrogen-bond donors (Lipinski definition) is 1. The van der Waals surface area contributed by atoms with Gasteiger partial charge in [-0.05, 0) is 17.4 Å².